The molecule has 1 unspecified atom stereocenters. The summed E-state index contributed by atoms with van der Waals surface area (Å²) in [6, 6.07) is 10.0. The molecule has 152 valence electrons. The number of primary amides is 1. The topological polar surface area (TPSA) is 116 Å². The average Bonchev–Trinajstić information content (AvgIpc) is 3.39. The van der Waals surface area contributed by atoms with Crippen LogP contribution in [0.2, 0.25) is 0 Å². The molecule has 0 aliphatic heterocycles. The van der Waals surface area contributed by atoms with Crippen LogP contribution in [0.5, 0.6) is 0 Å². The Morgan fingerprint density at radius 3 is 2.62 bits per heavy atom. The molecule has 0 spiro atoms. The summed E-state index contributed by atoms with van der Waals surface area (Å²) in [5.41, 5.74) is 6.25. The van der Waals surface area contributed by atoms with Gasteiger partial charge in [0.1, 0.15) is 0 Å². The van der Waals surface area contributed by atoms with Gasteiger partial charge in [0.2, 0.25) is 5.91 Å². The van der Waals surface area contributed by atoms with E-state index in [1.807, 2.05) is 24.4 Å². The third-order valence-corrected chi connectivity index (χ3v) is 5.45. The van der Waals surface area contributed by atoms with Gasteiger partial charge in [-0.05, 0) is 49.1 Å². The molecule has 4 N–H and O–H groups in total. The normalized spacial score (nSPS) is 13.0. The Balaban J connectivity index is 1.65. The molecule has 9 heteroatoms. The number of nitrogens with zero attached hydrogens (tertiary/aromatic N) is 2. The number of carbonyl (C=O) groups is 2. The van der Waals surface area contributed by atoms with E-state index in [2.05, 4.69) is 22.4 Å². The lowest BCUT2D eigenvalue weighted by Gasteiger charge is -2.23. The van der Waals surface area contributed by atoms with Gasteiger partial charge in [-0.25, -0.2) is 0 Å². The molecule has 0 aliphatic rings. The molecule has 29 heavy (non-hydrogen) atoms. The monoisotopic (exact) mass is 414 g/mol. The number of nitrogens with two attached hydrogens (primary N) is 1. The largest absolute Gasteiger partial charge is 0.414 e. The fraction of sp³-hybridized carbons (Fsp3) is 0.300. The molecular formula is C20H24N5O3S+. The lowest BCUT2D eigenvalue weighted by Crippen LogP contribution is -3.15. The molecule has 0 fully saturated rings. The first-order valence-electron chi connectivity index (χ1n) is 9.39. The van der Waals surface area contributed by atoms with E-state index in [-0.39, 0.29) is 11.9 Å². The van der Waals surface area contributed by atoms with Gasteiger partial charge in [0.15, 0.2) is 12.6 Å². The zero-order valence-electron chi connectivity index (χ0n) is 16.3. The Kier molecular flexibility index (Phi) is 6.73. The molecule has 0 bridgehead atoms. The van der Waals surface area contributed by atoms with Crippen LogP contribution in [0.3, 0.4) is 0 Å². The first kappa shape index (κ1) is 20.7. The smallest absolute Gasteiger partial charge is 0.282 e. The Morgan fingerprint density at radius 1 is 1.24 bits per heavy atom. The SMILES string of the molecule is CCC[NH+](Cc1nnc(-c2cccs2)o1)[C@H](C)C(=O)Nc1ccc(C(N)=O)cc1. The highest BCUT2D eigenvalue weighted by atomic mass is 32.1. The number of hydrogen-bond acceptors (Lipinski definition) is 6. The van der Waals surface area contributed by atoms with Gasteiger partial charge in [-0.15, -0.1) is 21.5 Å². The van der Waals surface area contributed by atoms with Crippen LogP contribution >= 0.6 is 11.3 Å². The number of amides is 2. The number of benzene rings is 1. The molecule has 2 heterocycles. The van der Waals surface area contributed by atoms with Gasteiger partial charge in [0.05, 0.1) is 11.4 Å². The summed E-state index contributed by atoms with van der Waals surface area (Å²) >= 11 is 1.54. The van der Waals surface area contributed by atoms with E-state index >= 15 is 0 Å². The number of hydrogen-bond donors (Lipinski definition) is 3. The predicted octanol–water partition coefficient (Wildman–Crippen LogP) is 1.72. The Bertz CT molecular complexity index is 953. The maximum absolute atomic E-state index is 12.7. The second-order valence-corrected chi connectivity index (χ2v) is 7.66. The molecule has 2 atom stereocenters. The fourth-order valence-corrected chi connectivity index (χ4v) is 3.60. The van der Waals surface area contributed by atoms with Gasteiger partial charge < -0.3 is 20.4 Å². The maximum atomic E-state index is 12.7. The number of carbonyl (C=O) groups excluding carboxylic acids is 2. The minimum Gasteiger partial charge on any atom is -0.414 e. The zero-order chi connectivity index (χ0) is 20.8. The second kappa shape index (κ2) is 9.44. The van der Waals surface area contributed by atoms with E-state index < -0.39 is 5.91 Å². The molecule has 0 saturated carbocycles. The predicted molar refractivity (Wildman–Crippen MR) is 110 cm³/mol. The minimum absolute atomic E-state index is 0.127. The van der Waals surface area contributed by atoms with E-state index in [0.29, 0.717) is 29.6 Å². The van der Waals surface area contributed by atoms with Crippen molar-refractivity contribution >= 4 is 28.8 Å². The Labute approximate surface area is 172 Å². The van der Waals surface area contributed by atoms with Crippen LogP contribution in [-0.4, -0.2) is 34.6 Å². The van der Waals surface area contributed by atoms with Crippen molar-refractivity contribution < 1.29 is 18.9 Å². The molecule has 8 nitrogen and oxygen atoms in total. The summed E-state index contributed by atoms with van der Waals surface area (Å²) < 4.78 is 5.78. The van der Waals surface area contributed by atoms with Crippen molar-refractivity contribution in [3.8, 4) is 10.8 Å². The van der Waals surface area contributed by atoms with Gasteiger partial charge in [0.25, 0.3) is 17.7 Å². The number of rotatable bonds is 9. The third kappa shape index (κ3) is 5.27. The Morgan fingerprint density at radius 2 is 2.00 bits per heavy atom. The summed E-state index contributed by atoms with van der Waals surface area (Å²) in [5, 5.41) is 13.1. The first-order chi connectivity index (χ1) is 14.0. The van der Waals surface area contributed by atoms with Crippen LogP contribution in [0.15, 0.2) is 46.2 Å². The van der Waals surface area contributed by atoms with Gasteiger partial charge in [-0.3, -0.25) is 9.59 Å². The molecule has 0 aliphatic carbocycles. The van der Waals surface area contributed by atoms with E-state index in [1.165, 1.54) is 11.3 Å². The summed E-state index contributed by atoms with van der Waals surface area (Å²) in [4.78, 5) is 25.9. The van der Waals surface area contributed by atoms with Crippen LogP contribution < -0.4 is 16.0 Å². The molecule has 0 saturated heterocycles. The maximum Gasteiger partial charge on any atom is 0.282 e. The van der Waals surface area contributed by atoms with Crippen LogP contribution in [0.4, 0.5) is 5.69 Å². The Hall–Kier alpha value is -3.04. The van der Waals surface area contributed by atoms with Crippen molar-refractivity contribution in [1.82, 2.24) is 10.2 Å². The fourth-order valence-electron chi connectivity index (χ4n) is 2.95. The molecule has 0 radical (unpaired) electrons. The number of quaternary nitrogens is 1. The molecule has 3 rings (SSSR count). The average molecular weight is 415 g/mol. The van der Waals surface area contributed by atoms with Crippen molar-refractivity contribution in [3.63, 3.8) is 0 Å². The minimum atomic E-state index is -0.503. The molecule has 2 aromatic heterocycles. The number of nitrogens with one attached hydrogen (secondary N) is 2. The van der Waals surface area contributed by atoms with Crippen molar-refractivity contribution in [3.05, 3.63) is 53.2 Å². The molecule has 1 aromatic carbocycles. The van der Waals surface area contributed by atoms with E-state index in [9.17, 15) is 9.59 Å². The highest BCUT2D eigenvalue weighted by Crippen LogP contribution is 2.22. The third-order valence-electron chi connectivity index (χ3n) is 4.59. The second-order valence-electron chi connectivity index (χ2n) is 6.72. The first-order valence-corrected chi connectivity index (χ1v) is 10.3. The molecular weight excluding hydrogens is 390 g/mol. The highest BCUT2D eigenvalue weighted by Gasteiger charge is 2.27. The summed E-state index contributed by atoms with van der Waals surface area (Å²) in [6.45, 7) is 5.18. The van der Waals surface area contributed by atoms with Crippen LogP contribution in [0.25, 0.3) is 10.8 Å². The van der Waals surface area contributed by atoms with Crippen LogP contribution in [0.1, 0.15) is 36.5 Å². The zero-order valence-corrected chi connectivity index (χ0v) is 17.2. The van der Waals surface area contributed by atoms with Crippen LogP contribution in [0, 0.1) is 0 Å². The highest BCUT2D eigenvalue weighted by molar-refractivity contribution is 7.13. The van der Waals surface area contributed by atoms with E-state index in [0.717, 1.165) is 22.7 Å². The van der Waals surface area contributed by atoms with Gasteiger partial charge in [-0.1, -0.05) is 13.0 Å². The van der Waals surface area contributed by atoms with Crippen molar-refractivity contribution in [2.24, 2.45) is 5.73 Å². The van der Waals surface area contributed by atoms with Gasteiger partial charge in [0, 0.05) is 11.3 Å². The molecule has 3 aromatic rings. The van der Waals surface area contributed by atoms with Crippen molar-refractivity contribution in [2.45, 2.75) is 32.9 Å². The lowest BCUT2D eigenvalue weighted by atomic mass is 10.2. The number of thiophene rings is 1. The quantitative estimate of drug-likeness (QED) is 0.493. The summed E-state index contributed by atoms with van der Waals surface area (Å²) in [5.74, 6) is 0.370. The summed E-state index contributed by atoms with van der Waals surface area (Å²) in [7, 11) is 0. The van der Waals surface area contributed by atoms with Gasteiger partial charge >= 0.3 is 0 Å². The number of anilines is 1. The van der Waals surface area contributed by atoms with E-state index in [4.69, 9.17) is 10.2 Å². The lowest BCUT2D eigenvalue weighted by molar-refractivity contribution is -0.928. The number of aromatic nitrogens is 2. The van der Waals surface area contributed by atoms with Crippen LogP contribution in [-0.2, 0) is 11.3 Å². The van der Waals surface area contributed by atoms with Crippen molar-refractivity contribution in [2.75, 3.05) is 11.9 Å². The standard InChI is InChI=1S/C20H23N5O3S/c1-3-10-25(12-17-23-24-20(28-17)16-5-4-11-29-16)13(2)19(27)22-15-8-6-14(7-9-15)18(21)26/h4-9,11,13H,3,10,12H2,1-2H3,(H2,21,26)(H,22,27)/p+1/t13-/m1/s1. The summed E-state index contributed by atoms with van der Waals surface area (Å²) in [6.07, 6.45) is 0.909. The molecule has 2 amide bonds. The van der Waals surface area contributed by atoms with Crippen molar-refractivity contribution in [1.29, 1.82) is 0 Å². The van der Waals surface area contributed by atoms with Gasteiger partial charge in [-0.2, -0.15) is 0 Å². The van der Waals surface area contributed by atoms with E-state index in [1.54, 1.807) is 24.3 Å².